The third kappa shape index (κ3) is 1.79. The predicted molar refractivity (Wildman–Crippen MR) is 47.2 cm³/mol. The van der Waals surface area contributed by atoms with Crippen LogP contribution >= 0.6 is 12.2 Å². The molecule has 0 unspecified atom stereocenters. The Morgan fingerprint density at radius 2 is 2.17 bits per heavy atom. The Bertz CT molecular complexity index is 309. The summed E-state index contributed by atoms with van der Waals surface area (Å²) in [5.74, 6) is -0.762. The van der Waals surface area contributed by atoms with Crippen molar-refractivity contribution in [3.8, 4) is 5.75 Å². The first kappa shape index (κ1) is 8.67. The van der Waals surface area contributed by atoms with Crippen molar-refractivity contribution in [3.05, 3.63) is 29.8 Å². The number of benzene rings is 1. The van der Waals surface area contributed by atoms with Crippen molar-refractivity contribution in [2.45, 2.75) is 0 Å². The van der Waals surface area contributed by atoms with Crippen molar-refractivity contribution in [1.29, 1.82) is 0 Å². The smallest absolute Gasteiger partial charge is 0.347 e. The normalized spacial score (nSPS) is 9.00. The molecule has 0 atom stereocenters. The van der Waals surface area contributed by atoms with E-state index in [9.17, 15) is 4.79 Å². The van der Waals surface area contributed by atoms with E-state index in [4.69, 9.17) is 5.11 Å². The van der Waals surface area contributed by atoms with Crippen LogP contribution in [0.3, 0.4) is 0 Å². The summed E-state index contributed by atoms with van der Waals surface area (Å²) in [6.45, 7) is 0. The van der Waals surface area contributed by atoms with E-state index in [1.807, 2.05) is 0 Å². The van der Waals surface area contributed by atoms with Gasteiger partial charge in [0.2, 0.25) is 0 Å². The Hall–Kier alpha value is -1.42. The number of hydrogen-bond donors (Lipinski definition) is 1. The number of phenolic OH excluding ortho intramolecular Hbond substituents is 1. The first-order valence-corrected chi connectivity index (χ1v) is 3.65. The Balaban J connectivity index is 2.94. The standard InChI is InChI=1S/C8H6O3S/c9-7-4-2-1-3-6(7)8(10)11-5-12/h1-5,9H. The fraction of sp³-hybridized carbons (Fsp3) is 0. The summed E-state index contributed by atoms with van der Waals surface area (Å²) in [5.41, 5.74) is 0.966. The monoisotopic (exact) mass is 182 g/mol. The molecule has 0 amide bonds. The lowest BCUT2D eigenvalue weighted by Crippen LogP contribution is -2.02. The van der Waals surface area contributed by atoms with Crippen LogP contribution in [0.15, 0.2) is 24.3 Å². The second-order valence-corrected chi connectivity index (χ2v) is 2.21. The number of carbonyl (C=O) groups excluding carboxylic acids is 1. The Morgan fingerprint density at radius 3 is 2.75 bits per heavy atom. The van der Waals surface area contributed by atoms with Crippen LogP contribution in [0.1, 0.15) is 10.4 Å². The quantitative estimate of drug-likeness (QED) is 0.556. The molecule has 0 saturated heterocycles. The number of aromatic hydroxyl groups is 1. The zero-order chi connectivity index (χ0) is 8.97. The SMILES string of the molecule is O=C(OC=S)c1ccccc1O. The number of para-hydroxylation sites is 1. The first-order valence-electron chi connectivity index (χ1n) is 3.18. The zero-order valence-corrected chi connectivity index (χ0v) is 6.88. The van der Waals surface area contributed by atoms with Gasteiger partial charge in [-0.1, -0.05) is 12.1 Å². The molecule has 4 heteroatoms. The second-order valence-electron chi connectivity index (χ2n) is 2.02. The highest BCUT2D eigenvalue weighted by molar-refractivity contribution is 7.78. The third-order valence-electron chi connectivity index (χ3n) is 1.28. The minimum absolute atomic E-state index is 0.110. The molecule has 0 spiro atoms. The summed E-state index contributed by atoms with van der Waals surface area (Å²) < 4.78 is 4.40. The van der Waals surface area contributed by atoms with Crippen molar-refractivity contribution in [2.75, 3.05) is 0 Å². The Kier molecular flexibility index (Phi) is 2.76. The highest BCUT2D eigenvalue weighted by Crippen LogP contribution is 2.15. The molecule has 1 N–H and O–H groups in total. The van der Waals surface area contributed by atoms with E-state index >= 15 is 0 Å². The summed E-state index contributed by atoms with van der Waals surface area (Å²) >= 11 is 4.32. The lowest BCUT2D eigenvalue weighted by molar-refractivity contribution is 0.0729. The first-order chi connectivity index (χ1) is 5.75. The molecule has 3 nitrogen and oxygen atoms in total. The van der Waals surface area contributed by atoms with Gasteiger partial charge < -0.3 is 9.84 Å². The van der Waals surface area contributed by atoms with Crippen LogP contribution in [-0.2, 0) is 4.74 Å². The summed E-state index contributed by atoms with van der Waals surface area (Å²) in [6, 6.07) is 6.10. The molecule has 1 rings (SSSR count). The van der Waals surface area contributed by atoms with Crippen LogP contribution in [0.5, 0.6) is 5.75 Å². The van der Waals surface area contributed by atoms with Gasteiger partial charge in [-0.05, 0) is 24.4 Å². The number of carbonyl (C=O) groups is 1. The van der Waals surface area contributed by atoms with E-state index < -0.39 is 5.97 Å². The fourth-order valence-corrected chi connectivity index (χ4v) is 0.841. The van der Waals surface area contributed by atoms with Gasteiger partial charge in [-0.3, -0.25) is 0 Å². The van der Waals surface area contributed by atoms with Gasteiger partial charge in [0, 0.05) is 0 Å². The van der Waals surface area contributed by atoms with E-state index in [1.165, 1.54) is 12.1 Å². The maximum atomic E-state index is 11.0. The molecular weight excluding hydrogens is 176 g/mol. The molecule has 0 bridgehead atoms. The van der Waals surface area contributed by atoms with Crippen LogP contribution in [0.2, 0.25) is 0 Å². The molecular formula is C8H6O3S. The van der Waals surface area contributed by atoms with Crippen molar-refractivity contribution in [2.24, 2.45) is 0 Å². The highest BCUT2D eigenvalue weighted by Gasteiger charge is 2.09. The molecule has 0 radical (unpaired) electrons. The van der Waals surface area contributed by atoms with Gasteiger partial charge in [0.05, 0.1) is 0 Å². The van der Waals surface area contributed by atoms with Crippen LogP contribution in [-0.4, -0.2) is 16.6 Å². The minimum atomic E-state index is -0.650. The molecule has 0 aromatic heterocycles. The van der Waals surface area contributed by atoms with Gasteiger partial charge in [0.25, 0.3) is 0 Å². The molecule has 0 aliphatic rings. The second kappa shape index (κ2) is 3.82. The average molecular weight is 182 g/mol. The molecule has 0 aliphatic heterocycles. The van der Waals surface area contributed by atoms with Gasteiger partial charge in [-0.25, -0.2) is 4.79 Å². The summed E-state index contributed by atoms with van der Waals surface area (Å²) in [4.78, 5) is 11.0. The fourth-order valence-electron chi connectivity index (χ4n) is 0.753. The molecule has 1 aromatic rings. The molecule has 0 aliphatic carbocycles. The predicted octanol–water partition coefficient (Wildman–Crippen LogP) is 1.51. The molecule has 0 heterocycles. The minimum Gasteiger partial charge on any atom is -0.507 e. The van der Waals surface area contributed by atoms with Crippen LogP contribution in [0.25, 0.3) is 0 Å². The van der Waals surface area contributed by atoms with Gasteiger partial charge >= 0.3 is 5.97 Å². The number of hydrogen-bond acceptors (Lipinski definition) is 4. The van der Waals surface area contributed by atoms with Gasteiger partial charge in [-0.2, -0.15) is 0 Å². The summed E-state index contributed by atoms with van der Waals surface area (Å²) in [6.07, 6.45) is 0. The van der Waals surface area contributed by atoms with Crippen molar-refractivity contribution >= 4 is 23.7 Å². The number of thiocarbonyl (C=S) groups is 1. The number of esters is 1. The number of rotatable bonds is 2. The lowest BCUT2D eigenvalue weighted by atomic mass is 10.2. The topological polar surface area (TPSA) is 46.5 Å². The Labute approximate surface area is 74.6 Å². The lowest BCUT2D eigenvalue weighted by Gasteiger charge is -1.99. The van der Waals surface area contributed by atoms with Crippen molar-refractivity contribution < 1.29 is 14.6 Å². The van der Waals surface area contributed by atoms with Crippen LogP contribution < -0.4 is 0 Å². The Morgan fingerprint density at radius 1 is 1.50 bits per heavy atom. The van der Waals surface area contributed by atoms with E-state index in [1.54, 1.807) is 12.1 Å². The number of ether oxygens (including phenoxy) is 1. The largest absolute Gasteiger partial charge is 0.507 e. The molecule has 62 valence electrons. The third-order valence-corrected chi connectivity index (χ3v) is 1.38. The van der Waals surface area contributed by atoms with E-state index in [2.05, 4.69) is 17.0 Å². The van der Waals surface area contributed by atoms with E-state index in [-0.39, 0.29) is 11.3 Å². The molecule has 1 aromatic carbocycles. The maximum Gasteiger partial charge on any atom is 0.347 e. The van der Waals surface area contributed by atoms with Crippen LogP contribution in [0.4, 0.5) is 0 Å². The van der Waals surface area contributed by atoms with Crippen molar-refractivity contribution in [3.63, 3.8) is 0 Å². The molecule has 0 fully saturated rings. The average Bonchev–Trinajstić information content (AvgIpc) is 2.05. The van der Waals surface area contributed by atoms with E-state index in [0.717, 1.165) is 5.55 Å². The van der Waals surface area contributed by atoms with Gasteiger partial charge in [0.1, 0.15) is 11.3 Å². The van der Waals surface area contributed by atoms with Gasteiger partial charge in [-0.15, -0.1) is 0 Å². The summed E-state index contributed by atoms with van der Waals surface area (Å²) in [5, 5.41) is 9.16. The van der Waals surface area contributed by atoms with Crippen LogP contribution in [0, 0.1) is 0 Å². The van der Waals surface area contributed by atoms with E-state index in [0.29, 0.717) is 0 Å². The highest BCUT2D eigenvalue weighted by atomic mass is 32.1. The zero-order valence-electron chi connectivity index (χ0n) is 6.06. The maximum absolute atomic E-state index is 11.0. The van der Waals surface area contributed by atoms with Gasteiger partial charge in [0.15, 0.2) is 5.55 Å². The molecule has 12 heavy (non-hydrogen) atoms. The van der Waals surface area contributed by atoms with Crippen molar-refractivity contribution in [1.82, 2.24) is 0 Å². The molecule has 0 saturated carbocycles. The number of phenols is 1. The summed E-state index contributed by atoms with van der Waals surface area (Å²) in [7, 11) is 0.